The third-order valence-electron chi connectivity index (χ3n) is 2.87. The molecule has 0 aliphatic carbocycles. The van der Waals surface area contributed by atoms with Gasteiger partial charge in [0, 0.05) is 31.9 Å². The van der Waals surface area contributed by atoms with Gasteiger partial charge in [-0.15, -0.1) is 0 Å². The van der Waals surface area contributed by atoms with E-state index in [1.54, 1.807) is 0 Å². The van der Waals surface area contributed by atoms with Crippen LogP contribution in [0.15, 0.2) is 36.8 Å². The average Bonchev–Trinajstić information content (AvgIpc) is 2.77. The standard InChI is InChI=1S/C15H21N3O/c1-12(2)19-15-7-5-4-6-13(15)8-16-9-14-10-17-11-18(14)3/h4-7,10-12,16H,8-9H2,1-3H3. The summed E-state index contributed by atoms with van der Waals surface area (Å²) in [5.74, 6) is 0.954. The van der Waals surface area contributed by atoms with Crippen LogP contribution in [0, 0.1) is 0 Å². The lowest BCUT2D eigenvalue weighted by molar-refractivity contribution is 0.239. The molecular formula is C15H21N3O. The molecule has 102 valence electrons. The van der Waals surface area contributed by atoms with Crippen LogP contribution in [-0.2, 0) is 20.1 Å². The maximum Gasteiger partial charge on any atom is 0.124 e. The van der Waals surface area contributed by atoms with Gasteiger partial charge in [-0.1, -0.05) is 18.2 Å². The van der Waals surface area contributed by atoms with Crippen molar-refractivity contribution in [3.63, 3.8) is 0 Å². The molecule has 1 N–H and O–H groups in total. The quantitative estimate of drug-likeness (QED) is 0.866. The summed E-state index contributed by atoms with van der Waals surface area (Å²) >= 11 is 0. The molecule has 0 aliphatic rings. The van der Waals surface area contributed by atoms with Crippen molar-refractivity contribution in [2.45, 2.75) is 33.0 Å². The third-order valence-corrected chi connectivity index (χ3v) is 2.87. The maximum absolute atomic E-state index is 5.80. The van der Waals surface area contributed by atoms with Gasteiger partial charge >= 0.3 is 0 Å². The molecule has 2 aromatic rings. The number of hydrogen-bond donors (Lipinski definition) is 1. The second kappa shape index (κ2) is 6.38. The van der Waals surface area contributed by atoms with E-state index in [1.807, 2.05) is 56.2 Å². The first-order chi connectivity index (χ1) is 9.16. The molecule has 2 rings (SSSR count). The predicted molar refractivity (Wildman–Crippen MR) is 76.0 cm³/mol. The molecule has 0 spiro atoms. The molecule has 19 heavy (non-hydrogen) atoms. The Morgan fingerprint density at radius 1 is 1.26 bits per heavy atom. The van der Waals surface area contributed by atoms with Crippen LogP contribution in [0.3, 0.4) is 0 Å². The van der Waals surface area contributed by atoms with Crippen LogP contribution >= 0.6 is 0 Å². The Balaban J connectivity index is 1.94. The maximum atomic E-state index is 5.80. The first-order valence-corrected chi connectivity index (χ1v) is 6.57. The van der Waals surface area contributed by atoms with Gasteiger partial charge in [-0.25, -0.2) is 4.98 Å². The van der Waals surface area contributed by atoms with Crippen molar-refractivity contribution >= 4 is 0 Å². The fourth-order valence-electron chi connectivity index (χ4n) is 1.90. The second-order valence-electron chi connectivity index (χ2n) is 4.87. The molecule has 1 aromatic carbocycles. The second-order valence-corrected chi connectivity index (χ2v) is 4.87. The fourth-order valence-corrected chi connectivity index (χ4v) is 1.90. The van der Waals surface area contributed by atoms with Crippen molar-refractivity contribution in [1.82, 2.24) is 14.9 Å². The number of para-hydroxylation sites is 1. The zero-order chi connectivity index (χ0) is 13.7. The zero-order valence-corrected chi connectivity index (χ0v) is 11.8. The van der Waals surface area contributed by atoms with Crippen LogP contribution in [0.2, 0.25) is 0 Å². The van der Waals surface area contributed by atoms with E-state index < -0.39 is 0 Å². The van der Waals surface area contributed by atoms with E-state index in [2.05, 4.69) is 16.4 Å². The summed E-state index contributed by atoms with van der Waals surface area (Å²) in [5, 5.41) is 3.42. The first-order valence-electron chi connectivity index (χ1n) is 6.57. The summed E-state index contributed by atoms with van der Waals surface area (Å²) in [5.41, 5.74) is 2.35. The van der Waals surface area contributed by atoms with E-state index in [1.165, 1.54) is 11.3 Å². The smallest absolute Gasteiger partial charge is 0.124 e. The van der Waals surface area contributed by atoms with Crippen molar-refractivity contribution in [2.75, 3.05) is 0 Å². The highest BCUT2D eigenvalue weighted by molar-refractivity contribution is 5.33. The van der Waals surface area contributed by atoms with Gasteiger partial charge < -0.3 is 14.6 Å². The Kier molecular flexibility index (Phi) is 4.58. The minimum atomic E-state index is 0.193. The largest absolute Gasteiger partial charge is 0.491 e. The zero-order valence-electron chi connectivity index (χ0n) is 11.8. The van der Waals surface area contributed by atoms with Crippen molar-refractivity contribution in [3.05, 3.63) is 48.0 Å². The average molecular weight is 259 g/mol. The van der Waals surface area contributed by atoms with Crippen LogP contribution in [0.1, 0.15) is 25.1 Å². The Morgan fingerprint density at radius 3 is 2.74 bits per heavy atom. The number of nitrogens with zero attached hydrogens (tertiary/aromatic N) is 2. The molecule has 4 heteroatoms. The summed E-state index contributed by atoms with van der Waals surface area (Å²) in [4.78, 5) is 4.10. The number of aryl methyl sites for hydroxylation is 1. The Bertz CT molecular complexity index is 520. The molecule has 0 radical (unpaired) electrons. The Labute approximate surface area is 114 Å². The molecule has 0 atom stereocenters. The van der Waals surface area contributed by atoms with Crippen LogP contribution in [-0.4, -0.2) is 15.7 Å². The number of nitrogens with one attached hydrogen (secondary N) is 1. The monoisotopic (exact) mass is 259 g/mol. The van der Waals surface area contributed by atoms with Gasteiger partial charge in [0.25, 0.3) is 0 Å². The highest BCUT2D eigenvalue weighted by Gasteiger charge is 2.05. The Morgan fingerprint density at radius 2 is 2.05 bits per heavy atom. The van der Waals surface area contributed by atoms with Gasteiger partial charge in [-0.2, -0.15) is 0 Å². The van der Waals surface area contributed by atoms with E-state index in [9.17, 15) is 0 Å². The molecule has 0 aliphatic heterocycles. The SMILES string of the molecule is CC(C)Oc1ccccc1CNCc1cncn1C. The normalized spacial score (nSPS) is 10.9. The van der Waals surface area contributed by atoms with Crippen molar-refractivity contribution < 1.29 is 4.74 Å². The van der Waals surface area contributed by atoms with Crippen molar-refractivity contribution in [1.29, 1.82) is 0 Å². The highest BCUT2D eigenvalue weighted by Crippen LogP contribution is 2.19. The summed E-state index contributed by atoms with van der Waals surface area (Å²) in [6, 6.07) is 8.14. The molecule has 0 saturated carbocycles. The lowest BCUT2D eigenvalue weighted by atomic mass is 10.2. The molecule has 0 unspecified atom stereocenters. The van der Waals surface area contributed by atoms with Gasteiger partial charge in [0.15, 0.2) is 0 Å². The van der Waals surface area contributed by atoms with Crippen molar-refractivity contribution in [3.8, 4) is 5.75 Å². The van der Waals surface area contributed by atoms with Crippen LogP contribution in [0.5, 0.6) is 5.75 Å². The van der Waals surface area contributed by atoms with Crippen LogP contribution in [0.25, 0.3) is 0 Å². The molecule has 0 fully saturated rings. The lowest BCUT2D eigenvalue weighted by Gasteiger charge is -2.14. The first kappa shape index (κ1) is 13.6. The topological polar surface area (TPSA) is 39.1 Å². The minimum Gasteiger partial charge on any atom is -0.491 e. The minimum absolute atomic E-state index is 0.193. The molecule has 1 aromatic heterocycles. The molecule has 0 amide bonds. The summed E-state index contributed by atoms with van der Waals surface area (Å²) in [7, 11) is 2.00. The van der Waals surface area contributed by atoms with E-state index in [0.29, 0.717) is 0 Å². The number of rotatable bonds is 6. The fraction of sp³-hybridized carbons (Fsp3) is 0.400. The van der Waals surface area contributed by atoms with Gasteiger partial charge in [0.1, 0.15) is 5.75 Å². The van der Waals surface area contributed by atoms with Gasteiger partial charge in [-0.05, 0) is 19.9 Å². The van der Waals surface area contributed by atoms with Crippen LogP contribution < -0.4 is 10.1 Å². The molecule has 1 heterocycles. The molecular weight excluding hydrogens is 238 g/mol. The number of aromatic nitrogens is 2. The summed E-state index contributed by atoms with van der Waals surface area (Å²) < 4.78 is 7.82. The summed E-state index contributed by atoms with van der Waals surface area (Å²) in [6.07, 6.45) is 3.88. The highest BCUT2D eigenvalue weighted by atomic mass is 16.5. The molecule has 0 saturated heterocycles. The van der Waals surface area contributed by atoms with E-state index in [0.717, 1.165) is 18.8 Å². The molecule has 4 nitrogen and oxygen atoms in total. The van der Waals surface area contributed by atoms with E-state index >= 15 is 0 Å². The summed E-state index contributed by atoms with van der Waals surface area (Å²) in [6.45, 7) is 5.67. The number of hydrogen-bond acceptors (Lipinski definition) is 3. The number of imidazole rings is 1. The number of ether oxygens (including phenoxy) is 1. The van der Waals surface area contributed by atoms with E-state index in [-0.39, 0.29) is 6.10 Å². The van der Waals surface area contributed by atoms with Gasteiger partial charge in [-0.3, -0.25) is 0 Å². The predicted octanol–water partition coefficient (Wildman–Crippen LogP) is 2.50. The lowest BCUT2D eigenvalue weighted by Crippen LogP contribution is -2.16. The van der Waals surface area contributed by atoms with Gasteiger partial charge in [0.2, 0.25) is 0 Å². The van der Waals surface area contributed by atoms with E-state index in [4.69, 9.17) is 4.74 Å². The third kappa shape index (κ3) is 3.83. The molecule has 0 bridgehead atoms. The van der Waals surface area contributed by atoms with Crippen molar-refractivity contribution in [2.24, 2.45) is 7.05 Å². The van der Waals surface area contributed by atoms with Crippen LogP contribution in [0.4, 0.5) is 0 Å². The van der Waals surface area contributed by atoms with Gasteiger partial charge in [0.05, 0.1) is 18.1 Å². The Hall–Kier alpha value is -1.81. The number of benzene rings is 1.